The second-order valence-corrected chi connectivity index (χ2v) is 7.33. The summed E-state index contributed by atoms with van der Waals surface area (Å²) in [5.41, 5.74) is 0.238. The third-order valence-corrected chi connectivity index (χ3v) is 4.80. The fourth-order valence-electron chi connectivity index (χ4n) is 3.18. The Morgan fingerprint density at radius 1 is 1.32 bits per heavy atom. The summed E-state index contributed by atoms with van der Waals surface area (Å²) >= 11 is 0. The summed E-state index contributed by atoms with van der Waals surface area (Å²) in [5.74, 6) is 0.619. The molecule has 4 unspecified atom stereocenters. The van der Waals surface area contributed by atoms with Gasteiger partial charge in [-0.15, -0.1) is 0 Å². The largest absolute Gasteiger partial charge is 0.377 e. The van der Waals surface area contributed by atoms with Crippen molar-refractivity contribution in [3.8, 4) is 0 Å². The van der Waals surface area contributed by atoms with Crippen molar-refractivity contribution in [3.63, 3.8) is 0 Å². The van der Waals surface area contributed by atoms with E-state index in [2.05, 4.69) is 39.9 Å². The van der Waals surface area contributed by atoms with Crippen molar-refractivity contribution in [2.75, 3.05) is 13.2 Å². The molecule has 1 heterocycles. The SMILES string of the molecule is CC(C)COC1CC(NC(C)C2CCCO2)C1(C)C. The van der Waals surface area contributed by atoms with E-state index in [0.717, 1.165) is 19.6 Å². The molecule has 1 saturated heterocycles. The first kappa shape index (κ1) is 15.3. The lowest BCUT2D eigenvalue weighted by Gasteiger charge is -2.53. The Bertz CT molecular complexity index is 284. The van der Waals surface area contributed by atoms with Crippen LogP contribution in [0.2, 0.25) is 0 Å². The van der Waals surface area contributed by atoms with Crippen molar-refractivity contribution >= 4 is 0 Å². The summed E-state index contributed by atoms with van der Waals surface area (Å²) < 4.78 is 11.8. The van der Waals surface area contributed by atoms with E-state index >= 15 is 0 Å². The van der Waals surface area contributed by atoms with Crippen molar-refractivity contribution in [2.24, 2.45) is 11.3 Å². The van der Waals surface area contributed by atoms with E-state index in [9.17, 15) is 0 Å². The molecule has 0 bridgehead atoms. The van der Waals surface area contributed by atoms with Crippen LogP contribution in [-0.2, 0) is 9.47 Å². The van der Waals surface area contributed by atoms with E-state index in [-0.39, 0.29) is 5.41 Å². The molecule has 0 aromatic carbocycles. The zero-order chi connectivity index (χ0) is 14.0. The zero-order valence-corrected chi connectivity index (χ0v) is 13.2. The smallest absolute Gasteiger partial charge is 0.0726 e. The molecular weight excluding hydrogens is 238 g/mol. The van der Waals surface area contributed by atoms with Crippen LogP contribution in [0.3, 0.4) is 0 Å². The monoisotopic (exact) mass is 269 g/mol. The number of rotatable bonds is 6. The fourth-order valence-corrected chi connectivity index (χ4v) is 3.18. The van der Waals surface area contributed by atoms with Gasteiger partial charge in [-0.1, -0.05) is 27.7 Å². The summed E-state index contributed by atoms with van der Waals surface area (Å²) in [6, 6.07) is 1.02. The zero-order valence-electron chi connectivity index (χ0n) is 13.2. The lowest BCUT2D eigenvalue weighted by molar-refractivity contribution is -0.128. The molecule has 112 valence electrons. The highest BCUT2D eigenvalue weighted by atomic mass is 16.5. The highest BCUT2D eigenvalue weighted by molar-refractivity contribution is 5.04. The van der Waals surface area contributed by atoms with Gasteiger partial charge in [0.2, 0.25) is 0 Å². The first-order valence-electron chi connectivity index (χ1n) is 7.90. The van der Waals surface area contributed by atoms with Gasteiger partial charge in [0.25, 0.3) is 0 Å². The molecule has 1 N–H and O–H groups in total. The predicted octanol–water partition coefficient (Wildman–Crippen LogP) is 2.98. The van der Waals surface area contributed by atoms with Gasteiger partial charge in [-0.05, 0) is 32.1 Å². The average Bonchev–Trinajstić information content (AvgIpc) is 2.85. The molecule has 0 radical (unpaired) electrons. The van der Waals surface area contributed by atoms with Gasteiger partial charge in [0.15, 0.2) is 0 Å². The van der Waals surface area contributed by atoms with E-state index in [4.69, 9.17) is 9.47 Å². The van der Waals surface area contributed by atoms with Crippen LogP contribution in [0.4, 0.5) is 0 Å². The molecule has 19 heavy (non-hydrogen) atoms. The van der Waals surface area contributed by atoms with Gasteiger partial charge in [-0.3, -0.25) is 0 Å². The van der Waals surface area contributed by atoms with Gasteiger partial charge < -0.3 is 14.8 Å². The summed E-state index contributed by atoms with van der Waals surface area (Å²) in [5, 5.41) is 3.76. The summed E-state index contributed by atoms with van der Waals surface area (Å²) in [7, 11) is 0. The molecule has 0 amide bonds. The summed E-state index contributed by atoms with van der Waals surface area (Å²) in [4.78, 5) is 0. The molecule has 1 saturated carbocycles. The van der Waals surface area contributed by atoms with Gasteiger partial charge in [0.1, 0.15) is 0 Å². The first-order valence-corrected chi connectivity index (χ1v) is 7.90. The Hall–Kier alpha value is -0.120. The normalized spacial score (nSPS) is 35.4. The average molecular weight is 269 g/mol. The molecule has 2 aliphatic rings. The third kappa shape index (κ3) is 3.50. The molecule has 1 aliphatic carbocycles. The van der Waals surface area contributed by atoms with Gasteiger partial charge in [-0.2, -0.15) is 0 Å². The van der Waals surface area contributed by atoms with Gasteiger partial charge in [0.05, 0.1) is 12.2 Å². The molecule has 0 spiro atoms. The lowest BCUT2D eigenvalue weighted by atomic mass is 9.64. The van der Waals surface area contributed by atoms with Crippen LogP contribution < -0.4 is 5.32 Å². The van der Waals surface area contributed by atoms with Gasteiger partial charge in [-0.25, -0.2) is 0 Å². The lowest BCUT2D eigenvalue weighted by Crippen LogP contribution is -2.63. The molecule has 1 aliphatic heterocycles. The number of nitrogens with one attached hydrogen (secondary N) is 1. The van der Waals surface area contributed by atoms with Gasteiger partial charge >= 0.3 is 0 Å². The molecule has 3 nitrogen and oxygen atoms in total. The van der Waals surface area contributed by atoms with Crippen molar-refractivity contribution in [1.29, 1.82) is 0 Å². The van der Waals surface area contributed by atoms with Crippen molar-refractivity contribution in [2.45, 2.75) is 78.2 Å². The molecule has 2 fully saturated rings. The van der Waals surface area contributed by atoms with E-state index in [1.807, 2.05) is 0 Å². The van der Waals surface area contributed by atoms with Crippen molar-refractivity contribution in [3.05, 3.63) is 0 Å². The van der Waals surface area contributed by atoms with Crippen LogP contribution in [-0.4, -0.2) is 37.5 Å². The number of hydrogen-bond donors (Lipinski definition) is 1. The van der Waals surface area contributed by atoms with Crippen LogP contribution in [0, 0.1) is 11.3 Å². The van der Waals surface area contributed by atoms with E-state index in [0.29, 0.717) is 30.2 Å². The highest BCUT2D eigenvalue weighted by Gasteiger charge is 2.49. The topological polar surface area (TPSA) is 30.5 Å². The number of hydrogen-bond acceptors (Lipinski definition) is 3. The highest BCUT2D eigenvalue weighted by Crippen LogP contribution is 2.43. The summed E-state index contributed by atoms with van der Waals surface area (Å²) in [6.45, 7) is 13.1. The van der Waals surface area contributed by atoms with Gasteiger partial charge in [0, 0.05) is 30.7 Å². The van der Waals surface area contributed by atoms with E-state index in [1.165, 1.54) is 12.8 Å². The minimum absolute atomic E-state index is 0.238. The Morgan fingerprint density at radius 3 is 2.58 bits per heavy atom. The third-order valence-electron chi connectivity index (χ3n) is 4.80. The van der Waals surface area contributed by atoms with Crippen LogP contribution >= 0.6 is 0 Å². The maximum atomic E-state index is 6.02. The summed E-state index contributed by atoms with van der Waals surface area (Å²) in [6.07, 6.45) is 4.37. The molecule has 4 atom stereocenters. The molecule has 0 aromatic heterocycles. The molecular formula is C16H31NO2. The minimum Gasteiger partial charge on any atom is -0.377 e. The van der Waals surface area contributed by atoms with Crippen molar-refractivity contribution in [1.82, 2.24) is 5.32 Å². The van der Waals surface area contributed by atoms with Crippen LogP contribution in [0.15, 0.2) is 0 Å². The Morgan fingerprint density at radius 2 is 2.05 bits per heavy atom. The van der Waals surface area contributed by atoms with E-state index in [1.54, 1.807) is 0 Å². The van der Waals surface area contributed by atoms with Crippen LogP contribution in [0.25, 0.3) is 0 Å². The maximum absolute atomic E-state index is 6.02. The maximum Gasteiger partial charge on any atom is 0.0726 e. The second-order valence-electron chi connectivity index (χ2n) is 7.33. The Balaban J connectivity index is 1.76. The van der Waals surface area contributed by atoms with E-state index < -0.39 is 0 Å². The number of ether oxygens (including phenoxy) is 2. The van der Waals surface area contributed by atoms with Crippen LogP contribution in [0.1, 0.15) is 53.9 Å². The molecule has 2 rings (SSSR count). The molecule has 3 heteroatoms. The van der Waals surface area contributed by atoms with Crippen LogP contribution in [0.5, 0.6) is 0 Å². The quantitative estimate of drug-likeness (QED) is 0.804. The minimum atomic E-state index is 0.238. The fraction of sp³-hybridized carbons (Fsp3) is 1.00. The standard InChI is InChI=1S/C16H31NO2/c1-11(2)10-19-15-9-14(16(15,4)5)17-12(3)13-7-6-8-18-13/h11-15,17H,6-10H2,1-5H3. The predicted molar refractivity (Wildman–Crippen MR) is 78.3 cm³/mol. The Labute approximate surface area is 118 Å². The van der Waals surface area contributed by atoms with Crippen molar-refractivity contribution < 1.29 is 9.47 Å². The first-order chi connectivity index (χ1) is 8.91. The Kier molecular flexibility index (Phi) is 4.91. The molecule has 0 aromatic rings. The second kappa shape index (κ2) is 6.11.